The van der Waals surface area contributed by atoms with Crippen LogP contribution in [0.1, 0.15) is 10.5 Å². The number of benzene rings is 1. The van der Waals surface area contributed by atoms with E-state index < -0.39 is 16.5 Å². The molecule has 1 aromatic heterocycles. The molecule has 3 N–H and O–H groups in total. The van der Waals surface area contributed by atoms with Crippen molar-refractivity contribution < 1.29 is 14.8 Å². The number of nitrogens with zero attached hydrogens (tertiary/aromatic N) is 1. The molecule has 1 heterocycles. The van der Waals surface area contributed by atoms with Crippen molar-refractivity contribution in [3.8, 4) is 11.1 Å². The third kappa shape index (κ3) is 1.86. The number of aromatic amines is 2. The maximum Gasteiger partial charge on any atom is 0.354 e. The van der Waals surface area contributed by atoms with E-state index in [1.165, 1.54) is 18.2 Å². The molecule has 0 aliphatic heterocycles. The molecule has 0 bridgehead atoms. The number of nitro groups is 1. The van der Waals surface area contributed by atoms with Crippen molar-refractivity contribution in [2.45, 2.75) is 0 Å². The first-order valence-electron chi connectivity index (χ1n) is 4.79. The van der Waals surface area contributed by atoms with Crippen molar-refractivity contribution in [2.24, 2.45) is 0 Å². The van der Waals surface area contributed by atoms with E-state index in [0.29, 0.717) is 0 Å². The van der Waals surface area contributed by atoms with Crippen LogP contribution in [-0.2, 0) is 0 Å². The first kappa shape index (κ1) is 11.6. The molecular weight excluding hydrogens is 242 g/mol. The molecule has 2 aromatic rings. The van der Waals surface area contributed by atoms with Crippen LogP contribution in [0.3, 0.4) is 0 Å². The second kappa shape index (κ2) is 4.17. The zero-order valence-corrected chi connectivity index (χ0v) is 8.84. The zero-order chi connectivity index (χ0) is 13.3. The fraction of sp³-hybridized carbons (Fsp3) is 0. The number of H-pyrrole nitrogens is 2. The molecule has 0 fully saturated rings. The highest BCUT2D eigenvalue weighted by Crippen LogP contribution is 2.23. The summed E-state index contributed by atoms with van der Waals surface area (Å²) in [4.78, 5) is 32.4. The molecule has 18 heavy (non-hydrogen) atoms. The summed E-state index contributed by atoms with van der Waals surface area (Å²) in [6.07, 6.45) is 0. The van der Waals surface area contributed by atoms with Gasteiger partial charge in [-0.05, 0) is 5.56 Å². The van der Waals surface area contributed by atoms with Crippen LogP contribution in [0.2, 0.25) is 0 Å². The fourth-order valence-electron chi connectivity index (χ4n) is 1.57. The second-order valence-electron chi connectivity index (χ2n) is 3.44. The number of hydrogen-bond donors (Lipinski definition) is 3. The third-order valence-electron chi connectivity index (χ3n) is 2.34. The molecule has 0 aliphatic rings. The number of hydrogen-bond acceptors (Lipinski definition) is 4. The van der Waals surface area contributed by atoms with Gasteiger partial charge in [0.05, 0.1) is 10.5 Å². The molecule has 0 amide bonds. The molecule has 8 heteroatoms. The van der Waals surface area contributed by atoms with E-state index in [-0.39, 0.29) is 22.5 Å². The highest BCUT2D eigenvalue weighted by molar-refractivity contribution is 5.93. The van der Waals surface area contributed by atoms with Crippen LogP contribution in [0.4, 0.5) is 5.69 Å². The zero-order valence-electron chi connectivity index (χ0n) is 8.84. The summed E-state index contributed by atoms with van der Waals surface area (Å²) in [5, 5.41) is 23.9. The number of carboxylic acids is 1. The summed E-state index contributed by atoms with van der Waals surface area (Å²) < 4.78 is 0. The Bertz CT molecular complexity index is 685. The first-order valence-corrected chi connectivity index (χ1v) is 4.79. The van der Waals surface area contributed by atoms with Crippen molar-refractivity contribution in [3.05, 3.63) is 50.4 Å². The van der Waals surface area contributed by atoms with E-state index in [0.717, 1.165) is 6.07 Å². The average Bonchev–Trinajstić information content (AvgIpc) is 2.71. The summed E-state index contributed by atoms with van der Waals surface area (Å²) in [5.41, 5.74) is -1.16. The summed E-state index contributed by atoms with van der Waals surface area (Å²) in [7, 11) is 0. The van der Waals surface area contributed by atoms with E-state index in [2.05, 4.69) is 10.2 Å². The molecule has 0 aliphatic carbocycles. The van der Waals surface area contributed by atoms with Crippen LogP contribution in [0.5, 0.6) is 0 Å². The largest absolute Gasteiger partial charge is 0.477 e. The van der Waals surface area contributed by atoms with Crippen molar-refractivity contribution in [1.82, 2.24) is 10.2 Å². The molecule has 2 rings (SSSR count). The maximum atomic E-state index is 11.5. The lowest BCUT2D eigenvalue weighted by Crippen LogP contribution is -2.05. The molecule has 0 saturated heterocycles. The Kier molecular flexibility index (Phi) is 2.68. The highest BCUT2D eigenvalue weighted by atomic mass is 16.6. The van der Waals surface area contributed by atoms with Gasteiger partial charge in [0, 0.05) is 12.1 Å². The summed E-state index contributed by atoms with van der Waals surface area (Å²) in [6.45, 7) is 0. The Balaban J connectivity index is 2.65. The van der Waals surface area contributed by atoms with Crippen molar-refractivity contribution in [1.29, 1.82) is 0 Å². The van der Waals surface area contributed by atoms with Crippen molar-refractivity contribution in [3.63, 3.8) is 0 Å². The van der Waals surface area contributed by atoms with E-state index >= 15 is 0 Å². The number of rotatable bonds is 3. The van der Waals surface area contributed by atoms with Gasteiger partial charge in [0.25, 0.3) is 11.2 Å². The summed E-state index contributed by atoms with van der Waals surface area (Å²) >= 11 is 0. The molecule has 0 unspecified atom stereocenters. The van der Waals surface area contributed by atoms with Crippen LogP contribution in [0.25, 0.3) is 11.1 Å². The molecule has 0 saturated carbocycles. The number of aromatic nitrogens is 2. The minimum absolute atomic E-state index is 0.133. The second-order valence-corrected chi connectivity index (χ2v) is 3.44. The van der Waals surface area contributed by atoms with Gasteiger partial charge in [-0.15, -0.1) is 0 Å². The topological polar surface area (TPSA) is 129 Å². The van der Waals surface area contributed by atoms with Gasteiger partial charge in [-0.1, -0.05) is 12.1 Å². The van der Waals surface area contributed by atoms with Gasteiger partial charge in [0.2, 0.25) is 0 Å². The molecule has 92 valence electrons. The SMILES string of the molecule is O=C(O)c1[nH][nH]c(=O)c1-c1cccc([N+](=O)[O-])c1. The lowest BCUT2D eigenvalue weighted by atomic mass is 10.1. The molecule has 0 spiro atoms. The molecular formula is C10H7N3O5. The molecule has 0 radical (unpaired) electrons. The number of aromatic carboxylic acids is 1. The van der Waals surface area contributed by atoms with Gasteiger partial charge in [0.1, 0.15) is 0 Å². The van der Waals surface area contributed by atoms with Gasteiger partial charge in [-0.25, -0.2) is 4.79 Å². The lowest BCUT2D eigenvalue weighted by molar-refractivity contribution is -0.384. The minimum atomic E-state index is -1.32. The Morgan fingerprint density at radius 3 is 2.67 bits per heavy atom. The number of carboxylic acid groups (broad SMARTS) is 1. The van der Waals surface area contributed by atoms with Crippen molar-refractivity contribution >= 4 is 11.7 Å². The normalized spacial score (nSPS) is 10.2. The van der Waals surface area contributed by atoms with Crippen LogP contribution in [0.15, 0.2) is 29.1 Å². The smallest absolute Gasteiger partial charge is 0.354 e. The number of nitro benzene ring substituents is 1. The Hall–Kier alpha value is -2.90. The quantitative estimate of drug-likeness (QED) is 0.551. The fourth-order valence-corrected chi connectivity index (χ4v) is 1.57. The van der Waals surface area contributed by atoms with Crippen LogP contribution < -0.4 is 5.56 Å². The Labute approximate surface area is 99.0 Å². The lowest BCUT2D eigenvalue weighted by Gasteiger charge is -1.98. The maximum absolute atomic E-state index is 11.5. The predicted molar refractivity (Wildman–Crippen MR) is 60.5 cm³/mol. The van der Waals surface area contributed by atoms with E-state index in [4.69, 9.17) is 5.11 Å². The molecule has 8 nitrogen and oxygen atoms in total. The number of non-ortho nitro benzene ring substituents is 1. The van der Waals surface area contributed by atoms with Crippen LogP contribution >= 0.6 is 0 Å². The number of carbonyl (C=O) groups is 1. The molecule has 0 atom stereocenters. The van der Waals surface area contributed by atoms with Gasteiger partial charge >= 0.3 is 5.97 Å². The van der Waals surface area contributed by atoms with Crippen LogP contribution in [0, 0.1) is 10.1 Å². The van der Waals surface area contributed by atoms with Gasteiger partial charge < -0.3 is 5.11 Å². The third-order valence-corrected chi connectivity index (χ3v) is 2.34. The molecule has 1 aromatic carbocycles. The summed E-state index contributed by atoms with van der Waals surface area (Å²) in [6, 6.07) is 5.21. The average molecular weight is 249 g/mol. The minimum Gasteiger partial charge on any atom is -0.477 e. The van der Waals surface area contributed by atoms with Crippen LogP contribution in [-0.4, -0.2) is 26.2 Å². The van der Waals surface area contributed by atoms with E-state index in [9.17, 15) is 19.7 Å². The van der Waals surface area contributed by atoms with E-state index in [1.807, 2.05) is 0 Å². The van der Waals surface area contributed by atoms with Gasteiger partial charge in [-0.3, -0.25) is 25.1 Å². The predicted octanol–water partition coefficient (Wildman–Crippen LogP) is 0.976. The summed E-state index contributed by atoms with van der Waals surface area (Å²) in [5.74, 6) is -1.32. The highest BCUT2D eigenvalue weighted by Gasteiger charge is 2.19. The standard InChI is InChI=1S/C10H7N3O5/c14-9-7(8(10(15)16)11-12-9)5-2-1-3-6(4-5)13(17)18/h1-4H,(H,15,16)(H2,11,12,14). The van der Waals surface area contributed by atoms with Gasteiger partial charge in [-0.2, -0.15) is 0 Å². The Morgan fingerprint density at radius 1 is 1.33 bits per heavy atom. The Morgan fingerprint density at radius 2 is 2.06 bits per heavy atom. The number of nitrogens with one attached hydrogen (secondary N) is 2. The van der Waals surface area contributed by atoms with Crippen molar-refractivity contribution in [2.75, 3.05) is 0 Å². The van der Waals surface area contributed by atoms with Gasteiger partial charge in [0.15, 0.2) is 5.69 Å². The van der Waals surface area contributed by atoms with E-state index in [1.54, 1.807) is 0 Å². The monoisotopic (exact) mass is 249 g/mol. The first-order chi connectivity index (χ1) is 8.50.